The fourth-order valence-electron chi connectivity index (χ4n) is 3.71. The molecule has 0 atom stereocenters. The van der Waals surface area contributed by atoms with Crippen LogP contribution in [0.25, 0.3) is 10.9 Å². The number of para-hydroxylation sites is 1. The molecule has 30 heavy (non-hydrogen) atoms. The molecular formula is C22H25N5O3. The number of ether oxygens (including phenoxy) is 1. The van der Waals surface area contributed by atoms with Crippen LogP contribution in [0.4, 0.5) is 5.69 Å². The molecule has 1 amide bonds. The summed E-state index contributed by atoms with van der Waals surface area (Å²) in [6.07, 6.45) is 2.08. The predicted octanol–water partition coefficient (Wildman–Crippen LogP) is 2.13. The van der Waals surface area contributed by atoms with E-state index in [0.29, 0.717) is 38.3 Å². The fourth-order valence-corrected chi connectivity index (χ4v) is 3.71. The van der Waals surface area contributed by atoms with E-state index in [0.717, 1.165) is 17.3 Å². The highest BCUT2D eigenvalue weighted by Gasteiger charge is 2.35. The Balaban J connectivity index is 1.84. The second-order valence-corrected chi connectivity index (χ2v) is 7.33. The van der Waals surface area contributed by atoms with Crippen molar-refractivity contribution in [3.63, 3.8) is 0 Å². The maximum Gasteiger partial charge on any atom is 0.271 e. The van der Waals surface area contributed by atoms with Crippen LogP contribution < -0.4 is 16.2 Å². The lowest BCUT2D eigenvalue weighted by molar-refractivity contribution is -0.127. The Morgan fingerprint density at radius 3 is 2.73 bits per heavy atom. The van der Waals surface area contributed by atoms with E-state index < -0.39 is 0 Å². The minimum atomic E-state index is -0.346. The zero-order chi connectivity index (χ0) is 21.5. The van der Waals surface area contributed by atoms with Crippen LogP contribution in [0.5, 0.6) is 0 Å². The van der Waals surface area contributed by atoms with E-state index in [2.05, 4.69) is 16.7 Å². The lowest BCUT2D eigenvalue weighted by atomic mass is 9.79. The number of fused-ring (bicyclic) bond motifs is 1. The van der Waals surface area contributed by atoms with Crippen LogP contribution in [0.3, 0.4) is 0 Å². The molecule has 3 rings (SSSR count). The van der Waals surface area contributed by atoms with E-state index in [-0.39, 0.29) is 35.5 Å². The molecule has 1 heterocycles. The molecule has 0 spiro atoms. The van der Waals surface area contributed by atoms with E-state index in [9.17, 15) is 14.9 Å². The molecule has 2 aromatic rings. The summed E-state index contributed by atoms with van der Waals surface area (Å²) in [6, 6.07) is 11.4. The van der Waals surface area contributed by atoms with Gasteiger partial charge < -0.3 is 19.9 Å². The van der Waals surface area contributed by atoms with Gasteiger partial charge in [-0.25, -0.2) is 0 Å². The summed E-state index contributed by atoms with van der Waals surface area (Å²) >= 11 is 0. The highest BCUT2D eigenvalue weighted by atomic mass is 16.5. The summed E-state index contributed by atoms with van der Waals surface area (Å²) in [6.45, 7) is 3.42. The first-order chi connectivity index (χ1) is 14.6. The molecule has 8 nitrogen and oxygen atoms in total. The van der Waals surface area contributed by atoms with Crippen molar-refractivity contribution in [2.45, 2.75) is 38.8 Å². The SMILES string of the molecule is CCCOCCn1c(=O)c(C#N)c(NC2CC(C(=O)NCC#N)C2)c2ccccc21. The van der Waals surface area contributed by atoms with Gasteiger partial charge in [0.2, 0.25) is 5.91 Å². The van der Waals surface area contributed by atoms with Crippen LogP contribution in [0, 0.1) is 28.6 Å². The number of aromatic nitrogens is 1. The number of rotatable bonds is 9. The Morgan fingerprint density at radius 2 is 2.03 bits per heavy atom. The number of benzene rings is 1. The zero-order valence-corrected chi connectivity index (χ0v) is 17.0. The molecular weight excluding hydrogens is 382 g/mol. The Hall–Kier alpha value is -3.36. The van der Waals surface area contributed by atoms with Gasteiger partial charge in [0.25, 0.3) is 5.56 Å². The molecule has 1 aromatic carbocycles. The van der Waals surface area contributed by atoms with Gasteiger partial charge in [-0.15, -0.1) is 0 Å². The molecule has 2 N–H and O–H groups in total. The summed E-state index contributed by atoms with van der Waals surface area (Å²) in [7, 11) is 0. The summed E-state index contributed by atoms with van der Waals surface area (Å²) < 4.78 is 7.12. The third-order valence-corrected chi connectivity index (χ3v) is 5.29. The average molecular weight is 407 g/mol. The summed E-state index contributed by atoms with van der Waals surface area (Å²) in [5, 5.41) is 25.0. The van der Waals surface area contributed by atoms with Crippen LogP contribution >= 0.6 is 0 Å². The molecule has 1 aliphatic carbocycles. The van der Waals surface area contributed by atoms with Crippen molar-refractivity contribution in [1.29, 1.82) is 10.5 Å². The van der Waals surface area contributed by atoms with Crippen molar-refractivity contribution in [1.82, 2.24) is 9.88 Å². The predicted molar refractivity (Wildman–Crippen MR) is 113 cm³/mol. The molecule has 1 saturated carbocycles. The molecule has 1 aliphatic rings. The van der Waals surface area contributed by atoms with E-state index in [1.807, 2.05) is 37.3 Å². The van der Waals surface area contributed by atoms with Gasteiger partial charge in [-0.1, -0.05) is 25.1 Å². The molecule has 156 valence electrons. The molecule has 0 radical (unpaired) electrons. The molecule has 0 bridgehead atoms. The fraction of sp³-hybridized carbons (Fsp3) is 0.455. The monoisotopic (exact) mass is 407 g/mol. The van der Waals surface area contributed by atoms with Gasteiger partial charge in [-0.2, -0.15) is 10.5 Å². The van der Waals surface area contributed by atoms with Gasteiger partial charge in [0.1, 0.15) is 18.2 Å². The number of carbonyl (C=O) groups excluding carboxylic acids is 1. The van der Waals surface area contributed by atoms with Crippen molar-refractivity contribution in [2.24, 2.45) is 5.92 Å². The smallest absolute Gasteiger partial charge is 0.271 e. The summed E-state index contributed by atoms with van der Waals surface area (Å²) in [4.78, 5) is 25.0. The van der Waals surface area contributed by atoms with Crippen LogP contribution in [-0.4, -0.2) is 36.3 Å². The standard InChI is InChI=1S/C22H25N5O3/c1-2-10-30-11-9-27-19-6-4-3-5-17(19)20(18(14-24)22(27)29)26-16-12-15(13-16)21(28)25-8-7-23/h3-6,15-16,26H,2,8-13H2,1H3,(H,25,28). The molecule has 8 heteroatoms. The molecule has 0 saturated heterocycles. The number of nitrogens with one attached hydrogen (secondary N) is 2. The molecule has 0 unspecified atom stereocenters. The molecule has 0 aliphatic heterocycles. The lowest BCUT2D eigenvalue weighted by Crippen LogP contribution is -2.45. The zero-order valence-electron chi connectivity index (χ0n) is 17.0. The minimum Gasteiger partial charge on any atom is -0.380 e. The number of hydrogen-bond acceptors (Lipinski definition) is 6. The third-order valence-electron chi connectivity index (χ3n) is 5.29. The minimum absolute atomic E-state index is 0.00313. The first-order valence-electron chi connectivity index (χ1n) is 10.1. The number of nitrogens with zero attached hydrogens (tertiary/aromatic N) is 3. The highest BCUT2D eigenvalue weighted by Crippen LogP contribution is 2.33. The molecule has 1 fully saturated rings. The van der Waals surface area contributed by atoms with E-state index in [1.165, 1.54) is 0 Å². The topological polar surface area (TPSA) is 120 Å². The Kier molecular flexibility index (Phi) is 7.05. The van der Waals surface area contributed by atoms with Gasteiger partial charge in [-0.3, -0.25) is 9.59 Å². The van der Waals surface area contributed by atoms with Gasteiger partial charge in [0.15, 0.2) is 0 Å². The van der Waals surface area contributed by atoms with Crippen molar-refractivity contribution in [2.75, 3.05) is 25.1 Å². The number of carbonyl (C=O) groups is 1. The van der Waals surface area contributed by atoms with Crippen LogP contribution in [0.2, 0.25) is 0 Å². The van der Waals surface area contributed by atoms with E-state index in [4.69, 9.17) is 10.00 Å². The Morgan fingerprint density at radius 1 is 1.27 bits per heavy atom. The molecule has 1 aromatic heterocycles. The third kappa shape index (κ3) is 4.45. The van der Waals surface area contributed by atoms with Crippen molar-refractivity contribution in [3.8, 4) is 12.1 Å². The second kappa shape index (κ2) is 9.91. The quantitative estimate of drug-likeness (QED) is 0.485. The lowest BCUT2D eigenvalue weighted by Gasteiger charge is -2.35. The van der Waals surface area contributed by atoms with Crippen LogP contribution in [0.15, 0.2) is 29.1 Å². The van der Waals surface area contributed by atoms with Gasteiger partial charge in [0, 0.05) is 30.5 Å². The average Bonchev–Trinajstić information content (AvgIpc) is 2.73. The van der Waals surface area contributed by atoms with Crippen LogP contribution in [-0.2, 0) is 16.1 Å². The second-order valence-electron chi connectivity index (χ2n) is 7.33. The Labute approximate surface area is 175 Å². The van der Waals surface area contributed by atoms with Gasteiger partial charge in [0.05, 0.1) is 23.9 Å². The number of nitriles is 2. The number of pyridine rings is 1. The Bertz CT molecular complexity index is 1060. The normalized spacial score (nSPS) is 17.6. The van der Waals surface area contributed by atoms with Crippen molar-refractivity contribution < 1.29 is 9.53 Å². The van der Waals surface area contributed by atoms with E-state index in [1.54, 1.807) is 4.57 Å². The number of hydrogen-bond donors (Lipinski definition) is 2. The first-order valence-corrected chi connectivity index (χ1v) is 10.1. The number of anilines is 1. The van der Waals surface area contributed by atoms with Crippen molar-refractivity contribution >= 4 is 22.5 Å². The summed E-state index contributed by atoms with van der Waals surface area (Å²) in [5.41, 5.74) is 0.986. The van der Waals surface area contributed by atoms with E-state index >= 15 is 0 Å². The van der Waals surface area contributed by atoms with Crippen molar-refractivity contribution in [3.05, 3.63) is 40.2 Å². The maximum atomic E-state index is 13.0. The van der Waals surface area contributed by atoms with Gasteiger partial charge >= 0.3 is 0 Å². The van der Waals surface area contributed by atoms with Gasteiger partial charge in [-0.05, 0) is 25.3 Å². The summed E-state index contributed by atoms with van der Waals surface area (Å²) in [5.74, 6) is -0.300. The highest BCUT2D eigenvalue weighted by molar-refractivity contribution is 5.94. The number of amides is 1. The maximum absolute atomic E-state index is 13.0. The largest absolute Gasteiger partial charge is 0.380 e. The first kappa shape index (κ1) is 21.4. The van der Waals surface area contributed by atoms with Crippen LogP contribution in [0.1, 0.15) is 31.7 Å².